The fraction of sp³-hybridized carbons (Fsp3) is 0.250. The van der Waals surface area contributed by atoms with Gasteiger partial charge in [-0.1, -0.05) is 35.2 Å². The molecule has 0 radical (unpaired) electrons. The fourth-order valence-electron chi connectivity index (χ4n) is 1.45. The van der Waals surface area contributed by atoms with E-state index in [-0.39, 0.29) is 5.78 Å². The zero-order valence-corrected chi connectivity index (χ0v) is 12.2. The Balaban J connectivity index is 2.01. The Morgan fingerprint density at radius 2 is 2.21 bits per heavy atom. The number of nitrogens with zero attached hydrogens (tertiary/aromatic N) is 2. The number of ketones is 1. The summed E-state index contributed by atoms with van der Waals surface area (Å²) >= 11 is 2.80. The molecule has 0 bridgehead atoms. The van der Waals surface area contributed by atoms with Gasteiger partial charge in [-0.2, -0.15) is 0 Å². The third-order valence-electron chi connectivity index (χ3n) is 2.35. The molecule has 0 amide bonds. The van der Waals surface area contributed by atoms with E-state index in [1.54, 1.807) is 26.3 Å². The molecule has 7 heteroatoms. The number of anilines is 1. The lowest BCUT2D eigenvalue weighted by atomic mass is 10.1. The van der Waals surface area contributed by atoms with Crippen LogP contribution >= 0.6 is 23.1 Å². The average molecular weight is 295 g/mol. The average Bonchev–Trinajstić information content (AvgIpc) is 2.92. The highest BCUT2D eigenvalue weighted by Crippen LogP contribution is 2.27. The summed E-state index contributed by atoms with van der Waals surface area (Å²) in [5, 5.41) is 11.6. The molecule has 2 aromatic rings. The number of methoxy groups -OCH3 is 1. The number of carbonyl (C=O) groups is 1. The van der Waals surface area contributed by atoms with Gasteiger partial charge in [0.15, 0.2) is 10.1 Å². The van der Waals surface area contributed by atoms with Crippen LogP contribution in [0.3, 0.4) is 0 Å². The van der Waals surface area contributed by atoms with Crippen molar-refractivity contribution in [3.8, 4) is 5.75 Å². The first-order valence-electron chi connectivity index (χ1n) is 5.55. The lowest BCUT2D eigenvalue weighted by Gasteiger charge is -2.05. The van der Waals surface area contributed by atoms with Crippen LogP contribution in [-0.2, 0) is 0 Å². The van der Waals surface area contributed by atoms with Crippen molar-refractivity contribution in [2.45, 2.75) is 4.34 Å². The van der Waals surface area contributed by atoms with Gasteiger partial charge in [0.1, 0.15) is 5.75 Å². The van der Waals surface area contributed by atoms with Gasteiger partial charge in [-0.3, -0.25) is 4.79 Å². The Morgan fingerprint density at radius 3 is 2.89 bits per heavy atom. The summed E-state index contributed by atoms with van der Waals surface area (Å²) in [7, 11) is 3.35. The molecule has 0 spiro atoms. The summed E-state index contributed by atoms with van der Waals surface area (Å²) in [4.78, 5) is 12.1. The molecule has 0 unspecified atom stereocenters. The molecule has 1 aromatic carbocycles. The van der Waals surface area contributed by atoms with Crippen molar-refractivity contribution in [3.63, 3.8) is 0 Å². The van der Waals surface area contributed by atoms with E-state index in [0.717, 1.165) is 9.47 Å². The van der Waals surface area contributed by atoms with Crippen molar-refractivity contribution in [1.29, 1.82) is 0 Å². The second-order valence-electron chi connectivity index (χ2n) is 3.54. The molecular weight excluding hydrogens is 282 g/mol. The minimum atomic E-state index is 0.0173. The van der Waals surface area contributed by atoms with Crippen molar-refractivity contribution < 1.29 is 9.53 Å². The molecule has 5 nitrogen and oxygen atoms in total. The maximum atomic E-state index is 12.1. The molecule has 0 atom stereocenters. The van der Waals surface area contributed by atoms with Crippen LogP contribution in [0.25, 0.3) is 0 Å². The predicted molar refractivity (Wildman–Crippen MR) is 77.5 cm³/mol. The normalized spacial score (nSPS) is 10.2. The third-order valence-corrected chi connectivity index (χ3v) is 4.43. The van der Waals surface area contributed by atoms with Crippen LogP contribution in [-0.4, -0.2) is 35.9 Å². The van der Waals surface area contributed by atoms with E-state index in [9.17, 15) is 4.79 Å². The number of benzene rings is 1. The number of carbonyl (C=O) groups excluding carboxylic acids is 1. The van der Waals surface area contributed by atoms with Crippen LogP contribution in [0.1, 0.15) is 10.4 Å². The molecule has 1 N–H and O–H groups in total. The summed E-state index contributed by atoms with van der Waals surface area (Å²) in [6, 6.07) is 7.21. The Bertz CT molecular complexity index is 572. The maximum Gasteiger partial charge on any atom is 0.206 e. The Morgan fingerprint density at radius 1 is 1.42 bits per heavy atom. The fourth-order valence-corrected chi connectivity index (χ4v) is 3.04. The van der Waals surface area contributed by atoms with Crippen molar-refractivity contribution in [2.24, 2.45) is 0 Å². The highest BCUT2D eigenvalue weighted by Gasteiger charge is 2.13. The van der Waals surface area contributed by atoms with Gasteiger partial charge in [0.05, 0.1) is 18.4 Å². The van der Waals surface area contributed by atoms with Crippen molar-refractivity contribution >= 4 is 34.0 Å². The molecule has 0 aliphatic heterocycles. The SMILES string of the molecule is CNc1nnc(SCC(=O)c2ccccc2OC)s1. The van der Waals surface area contributed by atoms with Gasteiger partial charge in [0, 0.05) is 7.05 Å². The molecular formula is C12H13N3O2S2. The minimum Gasteiger partial charge on any atom is -0.496 e. The lowest BCUT2D eigenvalue weighted by molar-refractivity contribution is 0.101. The van der Waals surface area contributed by atoms with Crippen LogP contribution in [0.2, 0.25) is 0 Å². The molecule has 0 saturated carbocycles. The van der Waals surface area contributed by atoms with Crippen molar-refractivity contribution in [2.75, 3.05) is 25.2 Å². The van der Waals surface area contributed by atoms with Crippen LogP contribution in [0, 0.1) is 0 Å². The summed E-state index contributed by atoms with van der Waals surface area (Å²) in [6.45, 7) is 0. The number of hydrogen-bond acceptors (Lipinski definition) is 7. The number of thioether (sulfide) groups is 1. The van der Waals surface area contributed by atoms with Gasteiger partial charge < -0.3 is 10.1 Å². The van der Waals surface area contributed by atoms with Gasteiger partial charge in [-0.05, 0) is 12.1 Å². The van der Waals surface area contributed by atoms with Gasteiger partial charge in [-0.15, -0.1) is 10.2 Å². The minimum absolute atomic E-state index is 0.0173. The second-order valence-corrected chi connectivity index (χ2v) is 5.74. The lowest BCUT2D eigenvalue weighted by Crippen LogP contribution is -2.04. The van der Waals surface area contributed by atoms with Crippen molar-refractivity contribution in [3.05, 3.63) is 29.8 Å². The van der Waals surface area contributed by atoms with E-state index in [4.69, 9.17) is 4.74 Å². The maximum absolute atomic E-state index is 12.1. The van der Waals surface area contributed by atoms with Crippen LogP contribution in [0.5, 0.6) is 5.75 Å². The first-order chi connectivity index (χ1) is 9.24. The molecule has 0 fully saturated rings. The highest BCUT2D eigenvalue weighted by molar-refractivity contribution is 8.01. The van der Waals surface area contributed by atoms with E-state index in [2.05, 4.69) is 15.5 Å². The molecule has 0 aliphatic rings. The number of rotatable bonds is 6. The molecule has 1 heterocycles. The Hall–Kier alpha value is -1.60. The predicted octanol–water partition coefficient (Wildman–Crippen LogP) is 2.56. The number of hydrogen-bond donors (Lipinski definition) is 1. The van der Waals surface area contributed by atoms with E-state index in [0.29, 0.717) is 17.1 Å². The number of ether oxygens (including phenoxy) is 1. The van der Waals surface area contributed by atoms with Gasteiger partial charge in [0.25, 0.3) is 0 Å². The summed E-state index contributed by atoms with van der Waals surface area (Å²) in [5.41, 5.74) is 0.593. The number of para-hydroxylation sites is 1. The standard InChI is InChI=1S/C12H13N3O2S2/c1-13-11-14-15-12(19-11)18-7-9(16)8-5-3-4-6-10(8)17-2/h3-6H,7H2,1-2H3,(H,13,14). The monoisotopic (exact) mass is 295 g/mol. The zero-order valence-electron chi connectivity index (χ0n) is 10.5. The van der Waals surface area contributed by atoms with Gasteiger partial charge in [0.2, 0.25) is 5.13 Å². The second kappa shape index (κ2) is 6.53. The number of Topliss-reactive ketones (excluding diaryl/α,β-unsaturated/α-hetero) is 1. The Kier molecular flexibility index (Phi) is 4.75. The van der Waals surface area contributed by atoms with E-state index in [1.807, 2.05) is 12.1 Å². The number of aromatic nitrogens is 2. The first kappa shape index (κ1) is 13.8. The molecule has 0 aliphatic carbocycles. The molecule has 0 saturated heterocycles. The quantitative estimate of drug-likeness (QED) is 0.653. The van der Waals surface area contributed by atoms with E-state index >= 15 is 0 Å². The van der Waals surface area contributed by atoms with Gasteiger partial charge in [-0.25, -0.2) is 0 Å². The smallest absolute Gasteiger partial charge is 0.206 e. The summed E-state index contributed by atoms with van der Waals surface area (Å²) in [5.74, 6) is 0.934. The molecule has 100 valence electrons. The van der Waals surface area contributed by atoms with Crippen LogP contribution in [0.4, 0.5) is 5.13 Å². The highest BCUT2D eigenvalue weighted by atomic mass is 32.2. The topological polar surface area (TPSA) is 64.1 Å². The first-order valence-corrected chi connectivity index (χ1v) is 7.35. The Labute approximate surface area is 119 Å². The van der Waals surface area contributed by atoms with Crippen LogP contribution in [0.15, 0.2) is 28.6 Å². The number of nitrogens with one attached hydrogen (secondary N) is 1. The third kappa shape index (κ3) is 3.45. The van der Waals surface area contributed by atoms with E-state index in [1.165, 1.54) is 23.1 Å². The summed E-state index contributed by atoms with van der Waals surface area (Å²) in [6.07, 6.45) is 0. The molecule has 19 heavy (non-hydrogen) atoms. The van der Waals surface area contributed by atoms with Crippen LogP contribution < -0.4 is 10.1 Å². The molecule has 2 rings (SSSR count). The van der Waals surface area contributed by atoms with Gasteiger partial charge >= 0.3 is 0 Å². The zero-order chi connectivity index (χ0) is 13.7. The largest absolute Gasteiger partial charge is 0.496 e. The van der Waals surface area contributed by atoms with Crippen molar-refractivity contribution in [1.82, 2.24) is 10.2 Å². The van der Waals surface area contributed by atoms with E-state index < -0.39 is 0 Å². The summed E-state index contributed by atoms with van der Waals surface area (Å²) < 4.78 is 5.95. The molecule has 1 aromatic heterocycles.